The fraction of sp³-hybridized carbons (Fsp3) is 0.529. The van der Waals surface area contributed by atoms with Crippen LogP contribution in [-0.2, 0) is 9.59 Å². The van der Waals surface area contributed by atoms with Crippen molar-refractivity contribution in [2.75, 3.05) is 53.0 Å². The zero-order chi connectivity index (χ0) is 17.2. The van der Waals surface area contributed by atoms with Crippen LogP contribution in [0.2, 0.25) is 0 Å². The number of methoxy groups -OCH3 is 1. The van der Waals surface area contributed by atoms with Gasteiger partial charge in [0.15, 0.2) is 0 Å². The van der Waals surface area contributed by atoms with E-state index in [4.69, 9.17) is 9.47 Å². The van der Waals surface area contributed by atoms with Gasteiger partial charge in [-0.05, 0) is 24.3 Å². The molecule has 0 radical (unpaired) electrons. The van der Waals surface area contributed by atoms with Crippen molar-refractivity contribution in [3.05, 3.63) is 24.3 Å². The average molecular weight is 335 g/mol. The van der Waals surface area contributed by atoms with Gasteiger partial charge in [0.25, 0.3) is 0 Å². The van der Waals surface area contributed by atoms with Crippen molar-refractivity contribution >= 4 is 12.3 Å². The van der Waals surface area contributed by atoms with E-state index >= 15 is 0 Å². The molecule has 24 heavy (non-hydrogen) atoms. The molecule has 0 aliphatic carbocycles. The zero-order valence-corrected chi connectivity index (χ0v) is 14.1. The first-order valence-corrected chi connectivity index (χ1v) is 8.17. The normalized spacial score (nSPS) is 14.4. The smallest absolute Gasteiger partial charge is 0.223 e. The number of piperazine rings is 1. The number of nitrogens with zero attached hydrogens (tertiary/aromatic N) is 2. The molecule has 132 valence electrons. The number of carbonyl (C=O) groups is 2. The maximum Gasteiger partial charge on any atom is 0.223 e. The Morgan fingerprint density at radius 3 is 2.42 bits per heavy atom. The minimum absolute atomic E-state index is 0.129. The first-order valence-electron chi connectivity index (χ1n) is 8.17. The van der Waals surface area contributed by atoms with Crippen LogP contribution < -0.4 is 14.8 Å². The Labute approximate surface area is 142 Å². The van der Waals surface area contributed by atoms with Gasteiger partial charge in [0.1, 0.15) is 18.1 Å². The van der Waals surface area contributed by atoms with Crippen molar-refractivity contribution in [3.63, 3.8) is 0 Å². The maximum atomic E-state index is 12.0. The number of benzene rings is 1. The lowest BCUT2D eigenvalue weighted by atomic mass is 10.3. The number of rotatable bonds is 9. The molecule has 0 bridgehead atoms. The molecule has 7 nitrogen and oxygen atoms in total. The van der Waals surface area contributed by atoms with E-state index in [0.717, 1.165) is 17.9 Å². The molecule has 1 fully saturated rings. The van der Waals surface area contributed by atoms with Crippen molar-refractivity contribution in [2.24, 2.45) is 0 Å². The average Bonchev–Trinajstić information content (AvgIpc) is 2.65. The predicted octanol–water partition coefficient (Wildman–Crippen LogP) is 0.354. The molecule has 0 unspecified atom stereocenters. The van der Waals surface area contributed by atoms with Crippen LogP contribution in [0, 0.1) is 0 Å². The molecule has 2 amide bonds. The van der Waals surface area contributed by atoms with Gasteiger partial charge >= 0.3 is 0 Å². The van der Waals surface area contributed by atoms with E-state index in [1.54, 1.807) is 12.0 Å². The molecular formula is C17H25N3O4. The standard InChI is InChI=1S/C17H25N3O4/c1-23-15-2-4-16(5-3-15)24-13-8-18-7-6-17(22)20-11-9-19(14-21)10-12-20/h2-5,14,18H,6-13H2,1H3. The summed E-state index contributed by atoms with van der Waals surface area (Å²) >= 11 is 0. The highest BCUT2D eigenvalue weighted by molar-refractivity contribution is 5.76. The largest absolute Gasteiger partial charge is 0.497 e. The second-order valence-corrected chi connectivity index (χ2v) is 5.55. The molecule has 2 rings (SSSR count). The van der Waals surface area contributed by atoms with Gasteiger partial charge < -0.3 is 24.6 Å². The van der Waals surface area contributed by atoms with Gasteiger partial charge in [-0.3, -0.25) is 9.59 Å². The third-order valence-corrected chi connectivity index (χ3v) is 3.94. The van der Waals surface area contributed by atoms with Crippen LogP contribution >= 0.6 is 0 Å². The van der Waals surface area contributed by atoms with Gasteiger partial charge in [0.2, 0.25) is 12.3 Å². The second kappa shape index (κ2) is 9.77. The van der Waals surface area contributed by atoms with Crippen LogP contribution in [-0.4, -0.2) is 75.1 Å². The lowest BCUT2D eigenvalue weighted by Gasteiger charge is -2.32. The minimum atomic E-state index is 0.129. The summed E-state index contributed by atoms with van der Waals surface area (Å²) in [6.45, 7) is 4.34. The number of hydrogen-bond acceptors (Lipinski definition) is 5. The SMILES string of the molecule is COc1ccc(OCCNCCC(=O)N2CCN(C=O)CC2)cc1. The van der Waals surface area contributed by atoms with E-state index in [9.17, 15) is 9.59 Å². The van der Waals surface area contributed by atoms with Gasteiger partial charge in [0, 0.05) is 45.7 Å². The van der Waals surface area contributed by atoms with E-state index in [1.807, 2.05) is 29.2 Å². The number of nitrogens with one attached hydrogen (secondary N) is 1. The first-order chi connectivity index (χ1) is 11.7. The Kier molecular flexibility index (Phi) is 7.35. The molecule has 7 heteroatoms. The minimum Gasteiger partial charge on any atom is -0.497 e. The summed E-state index contributed by atoms with van der Waals surface area (Å²) in [5.41, 5.74) is 0. The summed E-state index contributed by atoms with van der Waals surface area (Å²) in [4.78, 5) is 26.2. The third-order valence-electron chi connectivity index (χ3n) is 3.94. The molecule has 1 heterocycles. The van der Waals surface area contributed by atoms with Crippen LogP contribution in [0.1, 0.15) is 6.42 Å². The molecule has 1 aliphatic rings. The van der Waals surface area contributed by atoms with Crippen molar-refractivity contribution in [1.29, 1.82) is 0 Å². The van der Waals surface area contributed by atoms with Gasteiger partial charge in [-0.25, -0.2) is 0 Å². The Morgan fingerprint density at radius 2 is 1.79 bits per heavy atom. The topological polar surface area (TPSA) is 71.1 Å². The Morgan fingerprint density at radius 1 is 1.12 bits per heavy atom. The van der Waals surface area contributed by atoms with Crippen molar-refractivity contribution in [2.45, 2.75) is 6.42 Å². The van der Waals surface area contributed by atoms with Crippen LogP contribution in [0.4, 0.5) is 0 Å². The van der Waals surface area contributed by atoms with Crippen LogP contribution in [0.3, 0.4) is 0 Å². The van der Waals surface area contributed by atoms with Gasteiger partial charge in [-0.2, -0.15) is 0 Å². The van der Waals surface area contributed by atoms with Crippen molar-refractivity contribution < 1.29 is 19.1 Å². The molecule has 0 saturated carbocycles. The van der Waals surface area contributed by atoms with Crippen molar-refractivity contribution in [1.82, 2.24) is 15.1 Å². The van der Waals surface area contributed by atoms with E-state index in [1.165, 1.54) is 0 Å². The number of amides is 2. The maximum absolute atomic E-state index is 12.0. The van der Waals surface area contributed by atoms with Crippen molar-refractivity contribution in [3.8, 4) is 11.5 Å². The monoisotopic (exact) mass is 335 g/mol. The Hall–Kier alpha value is -2.28. The molecule has 0 atom stereocenters. The molecule has 0 aromatic heterocycles. The molecule has 1 aromatic rings. The summed E-state index contributed by atoms with van der Waals surface area (Å²) in [7, 11) is 1.63. The van der Waals surface area contributed by atoms with Crippen LogP contribution in [0.25, 0.3) is 0 Å². The predicted molar refractivity (Wildman–Crippen MR) is 90.2 cm³/mol. The fourth-order valence-corrected chi connectivity index (χ4v) is 2.47. The highest BCUT2D eigenvalue weighted by atomic mass is 16.5. The summed E-state index contributed by atoms with van der Waals surface area (Å²) < 4.78 is 10.7. The van der Waals surface area contributed by atoms with Crippen LogP contribution in [0.15, 0.2) is 24.3 Å². The zero-order valence-electron chi connectivity index (χ0n) is 14.1. The van der Waals surface area contributed by atoms with Gasteiger partial charge in [-0.1, -0.05) is 0 Å². The van der Waals surface area contributed by atoms with Gasteiger partial charge in [-0.15, -0.1) is 0 Å². The highest BCUT2D eigenvalue weighted by Gasteiger charge is 2.19. The number of hydrogen-bond donors (Lipinski definition) is 1. The molecule has 1 N–H and O–H groups in total. The summed E-state index contributed by atoms with van der Waals surface area (Å²) in [6.07, 6.45) is 1.30. The second-order valence-electron chi connectivity index (χ2n) is 5.55. The number of carbonyl (C=O) groups excluding carboxylic acids is 2. The van der Waals surface area contributed by atoms with E-state index in [-0.39, 0.29) is 5.91 Å². The van der Waals surface area contributed by atoms with Crippen LogP contribution in [0.5, 0.6) is 11.5 Å². The Balaban J connectivity index is 1.53. The summed E-state index contributed by atoms with van der Waals surface area (Å²) in [5, 5.41) is 3.20. The van der Waals surface area contributed by atoms with E-state index in [2.05, 4.69) is 5.32 Å². The van der Waals surface area contributed by atoms with Gasteiger partial charge in [0.05, 0.1) is 7.11 Å². The van der Waals surface area contributed by atoms with E-state index in [0.29, 0.717) is 52.3 Å². The number of ether oxygens (including phenoxy) is 2. The highest BCUT2D eigenvalue weighted by Crippen LogP contribution is 2.16. The molecule has 1 aromatic carbocycles. The fourth-order valence-electron chi connectivity index (χ4n) is 2.47. The first kappa shape index (κ1) is 18.1. The molecule has 1 saturated heterocycles. The molecular weight excluding hydrogens is 310 g/mol. The summed E-state index contributed by atoms with van der Waals surface area (Å²) in [6, 6.07) is 7.43. The Bertz CT molecular complexity index is 513. The molecule has 0 spiro atoms. The van der Waals surface area contributed by atoms with E-state index < -0.39 is 0 Å². The summed E-state index contributed by atoms with van der Waals surface area (Å²) in [5.74, 6) is 1.72. The molecule has 1 aliphatic heterocycles. The quantitative estimate of drug-likeness (QED) is 0.521. The third kappa shape index (κ3) is 5.73. The lowest BCUT2D eigenvalue weighted by Crippen LogP contribution is -2.48. The lowest BCUT2D eigenvalue weighted by molar-refractivity contribution is -0.135.